The van der Waals surface area contributed by atoms with Gasteiger partial charge in [0.05, 0.1) is 34.6 Å². The molecule has 0 saturated heterocycles. The van der Waals surface area contributed by atoms with Gasteiger partial charge in [0.1, 0.15) is 22.8 Å². The SMILES string of the molecule is CCC1=C(CC)C2=NC1=Cc1[nH]c(c(CC)c1CC)C(C1c3[nH]c(c(CC)c3CC)C=C3N=C(C(=O)C4=NC(=Cc5[nH]c1c(CC)c5CC)C(CC)=C4CC)C(CC)=C3CC)c1[nH]c(c(CC)c1CC)C=C1N=C(C2=O)C(CC)=C1CC. The molecule has 0 radical (unpaired) electrons. The van der Waals surface area contributed by atoms with Crippen molar-refractivity contribution in [2.45, 2.75) is 225 Å². The molecule has 16 bridgehead atoms. The number of hydrogen-bond donors (Lipinski definition) is 4. The summed E-state index contributed by atoms with van der Waals surface area (Å²) < 4.78 is 0. The molecule has 4 aromatic rings. The molecule has 10 rings (SSSR count). The number of H-pyrrole nitrogens is 4. The summed E-state index contributed by atoms with van der Waals surface area (Å²) in [7, 11) is 0. The van der Waals surface area contributed by atoms with E-state index in [-0.39, 0.29) is 23.4 Å². The summed E-state index contributed by atoms with van der Waals surface area (Å²) in [4.78, 5) is 69.2. The largest absolute Gasteiger partial charge is 0.358 e. The molecule has 6 aliphatic heterocycles. The van der Waals surface area contributed by atoms with Crippen LogP contribution in [0.5, 0.6) is 0 Å². The third kappa shape index (κ3) is 9.02. The third-order valence-corrected chi connectivity index (χ3v) is 19.1. The molecule has 0 aromatic carbocycles. The molecule has 0 aliphatic carbocycles. The lowest BCUT2D eigenvalue weighted by atomic mass is 9.75. The predicted octanol–water partition coefficient (Wildman–Crippen LogP) is 17.3. The van der Waals surface area contributed by atoms with Crippen LogP contribution in [0.4, 0.5) is 0 Å². The average Bonchev–Trinajstić information content (AvgIpc) is 4.52. The van der Waals surface area contributed by atoms with E-state index in [1.807, 2.05) is 0 Å². The minimum absolute atomic E-state index is 0.0774. The Kier molecular flexibility index (Phi) is 16.9. The third-order valence-electron chi connectivity index (χ3n) is 19.1. The van der Waals surface area contributed by atoms with E-state index in [0.717, 1.165) is 167 Å². The number of aromatic amines is 4. The van der Waals surface area contributed by atoms with E-state index in [9.17, 15) is 0 Å². The van der Waals surface area contributed by atoms with Gasteiger partial charge in [-0.1, -0.05) is 111 Å². The van der Waals surface area contributed by atoms with Gasteiger partial charge in [0.2, 0.25) is 11.6 Å². The highest BCUT2D eigenvalue weighted by Gasteiger charge is 2.43. The summed E-state index contributed by atoms with van der Waals surface area (Å²) in [6.45, 7) is 35.9. The van der Waals surface area contributed by atoms with E-state index in [1.165, 1.54) is 67.3 Å². The number of nitrogens with zero attached hydrogens (tertiary/aromatic N) is 4. The number of allylic oxidation sites excluding steroid dienone is 8. The highest BCUT2D eigenvalue weighted by molar-refractivity contribution is 6.74. The highest BCUT2D eigenvalue weighted by Crippen LogP contribution is 2.51. The molecule has 4 aromatic heterocycles. The highest BCUT2D eigenvalue weighted by atomic mass is 16.1. The molecule has 10 heteroatoms. The van der Waals surface area contributed by atoms with E-state index in [2.05, 4.69) is 155 Å². The first kappa shape index (κ1) is 58.3. The van der Waals surface area contributed by atoms with Crippen molar-refractivity contribution in [3.8, 4) is 0 Å². The number of rotatable bonds is 17. The summed E-state index contributed by atoms with van der Waals surface area (Å²) in [5, 5.41) is 0. The topological polar surface area (TPSA) is 147 Å². The van der Waals surface area contributed by atoms with Gasteiger partial charge in [0.15, 0.2) is 0 Å². The first-order chi connectivity index (χ1) is 39.8. The van der Waals surface area contributed by atoms with E-state index >= 15 is 9.59 Å². The van der Waals surface area contributed by atoms with E-state index in [1.54, 1.807) is 0 Å². The van der Waals surface area contributed by atoms with E-state index in [0.29, 0.717) is 48.5 Å². The lowest BCUT2D eigenvalue weighted by Gasteiger charge is -2.30. The predicted molar refractivity (Wildman–Crippen MR) is 344 cm³/mol. The molecule has 82 heavy (non-hydrogen) atoms. The summed E-state index contributed by atoms with van der Waals surface area (Å²) >= 11 is 0. The van der Waals surface area contributed by atoms with Gasteiger partial charge in [-0.05, 0) is 216 Å². The number of nitrogens with one attached hydrogen (secondary N) is 4. The Morgan fingerprint density at radius 2 is 0.451 bits per heavy atom. The smallest absolute Gasteiger partial charge is 0.230 e. The lowest BCUT2D eigenvalue weighted by Crippen LogP contribution is -2.25. The Morgan fingerprint density at radius 3 is 0.610 bits per heavy atom. The summed E-state index contributed by atoms with van der Waals surface area (Å²) in [6, 6.07) is 0. The minimum Gasteiger partial charge on any atom is -0.358 e. The minimum atomic E-state index is -0.262. The van der Waals surface area contributed by atoms with Crippen LogP contribution in [0.15, 0.2) is 87.3 Å². The monoisotopic (exact) mass is 1100 g/mol. The second kappa shape index (κ2) is 23.7. The molecule has 0 atom stereocenters. The fraction of sp³-hybridized carbons (Fsp3) is 0.472. The van der Waals surface area contributed by atoms with Crippen molar-refractivity contribution in [1.82, 2.24) is 19.9 Å². The van der Waals surface area contributed by atoms with Crippen LogP contribution in [0.3, 0.4) is 0 Å². The second-order valence-corrected chi connectivity index (χ2v) is 22.7. The zero-order valence-electron chi connectivity index (χ0n) is 52.4. The van der Waals surface area contributed by atoms with Gasteiger partial charge >= 0.3 is 0 Å². The summed E-state index contributed by atoms with van der Waals surface area (Å²) in [5.41, 5.74) is 33.6. The standard InChI is InChI=1S/C72H90N8O2/c1-17-37-45(25-9)63-61(64-46(26-10)38(18-2)54(74-64)34-58-42(22-6)50(30-14)68(78-58)71(81)67-49(29-13)41(21-5)57(77-67)33-53(37)73-63)62-65-47(27-11)39(19-3)55(75-65)35-59-43(23-7)51(31-15)69(79-59)72(82)70-52(32-16)44(24-8)60(80-70)36-56-40(20-4)48(28-12)66(62)76-56/h33-36,61-62,73-76H,17-32H2,1-16H3. The quantitative estimate of drug-likeness (QED) is 0.0834. The van der Waals surface area contributed by atoms with Gasteiger partial charge in [-0.2, -0.15) is 0 Å². The molecule has 0 amide bonds. The Bertz CT molecular complexity index is 3260. The van der Waals surface area contributed by atoms with Gasteiger partial charge in [-0.3, -0.25) is 9.59 Å². The molecule has 10 nitrogen and oxygen atoms in total. The maximum atomic E-state index is 15.2. The van der Waals surface area contributed by atoms with Crippen LogP contribution in [0.25, 0.3) is 24.3 Å². The number of carbonyl (C=O) groups excluding carboxylic acids is 2. The summed E-state index contributed by atoms with van der Waals surface area (Å²) in [5.74, 6) is -0.679. The Balaban J connectivity index is 1.41. The van der Waals surface area contributed by atoms with Crippen molar-refractivity contribution in [1.29, 1.82) is 0 Å². The maximum absolute atomic E-state index is 15.2. The second-order valence-electron chi connectivity index (χ2n) is 22.7. The number of Topliss-reactive ketones (excluding diaryl/α,β-unsaturated/α-hetero) is 2. The van der Waals surface area contributed by atoms with Crippen molar-refractivity contribution < 1.29 is 9.59 Å². The number of aliphatic imine (C=N–C) groups is 4. The number of ketones is 2. The van der Waals surface area contributed by atoms with Crippen molar-refractivity contribution in [2.24, 2.45) is 20.0 Å². The maximum Gasteiger partial charge on any atom is 0.230 e. The van der Waals surface area contributed by atoms with Crippen LogP contribution >= 0.6 is 0 Å². The van der Waals surface area contributed by atoms with Gasteiger partial charge in [0.25, 0.3) is 0 Å². The summed E-state index contributed by atoms with van der Waals surface area (Å²) in [6.07, 6.45) is 21.4. The molecule has 10 heterocycles. The normalized spacial score (nSPS) is 19.0. The molecule has 0 unspecified atom stereocenters. The van der Waals surface area contributed by atoms with Crippen LogP contribution in [0, 0.1) is 0 Å². The number of aromatic nitrogens is 4. The number of fused-ring (bicyclic) bond motifs is 12. The average molecular weight is 1100 g/mol. The molecule has 430 valence electrons. The first-order valence-corrected chi connectivity index (χ1v) is 32.0. The molecule has 4 N–H and O–H groups in total. The van der Waals surface area contributed by atoms with Gasteiger partial charge < -0.3 is 19.9 Å². The Morgan fingerprint density at radius 1 is 0.268 bits per heavy atom. The van der Waals surface area contributed by atoms with Crippen LogP contribution in [0.2, 0.25) is 0 Å². The Labute approximate surface area is 488 Å². The van der Waals surface area contributed by atoms with E-state index < -0.39 is 0 Å². The molecular weight excluding hydrogens is 1010 g/mol. The van der Waals surface area contributed by atoms with Crippen LogP contribution in [-0.4, -0.2) is 54.3 Å². The molecular formula is C72H90N8O2. The van der Waals surface area contributed by atoms with Crippen LogP contribution < -0.4 is 0 Å². The van der Waals surface area contributed by atoms with Crippen molar-refractivity contribution >= 4 is 58.7 Å². The fourth-order valence-electron chi connectivity index (χ4n) is 15.5. The van der Waals surface area contributed by atoms with E-state index in [4.69, 9.17) is 20.0 Å². The lowest BCUT2D eigenvalue weighted by molar-refractivity contribution is -0.108. The molecule has 0 spiro atoms. The first-order valence-electron chi connectivity index (χ1n) is 32.0. The zero-order valence-corrected chi connectivity index (χ0v) is 52.4. The van der Waals surface area contributed by atoms with Crippen LogP contribution in [-0.2, 0) is 61.0 Å². The zero-order chi connectivity index (χ0) is 58.6. The van der Waals surface area contributed by atoms with Gasteiger partial charge in [-0.15, -0.1) is 0 Å². The van der Waals surface area contributed by atoms with Gasteiger partial charge in [-0.25, -0.2) is 20.0 Å². The molecule has 0 saturated carbocycles. The fourth-order valence-corrected chi connectivity index (χ4v) is 15.5. The van der Waals surface area contributed by atoms with Crippen LogP contribution in [0.1, 0.15) is 264 Å². The van der Waals surface area contributed by atoms with Crippen molar-refractivity contribution in [2.75, 3.05) is 0 Å². The Hall–Kier alpha value is -6.94. The number of carbonyl (C=O) groups is 2. The number of hydrogen-bond acceptors (Lipinski definition) is 6. The van der Waals surface area contributed by atoms with Crippen molar-refractivity contribution in [3.05, 3.63) is 157 Å². The van der Waals surface area contributed by atoms with Gasteiger partial charge in [0, 0.05) is 45.6 Å². The molecule has 6 aliphatic rings. The molecule has 0 fully saturated rings. The van der Waals surface area contributed by atoms with Crippen molar-refractivity contribution in [3.63, 3.8) is 0 Å².